The van der Waals surface area contributed by atoms with Gasteiger partial charge >= 0.3 is 0 Å². The minimum Gasteiger partial charge on any atom is -0.508 e. The van der Waals surface area contributed by atoms with Gasteiger partial charge in [0.15, 0.2) is 5.78 Å². The van der Waals surface area contributed by atoms with Gasteiger partial charge in [0.25, 0.3) is 0 Å². The number of hydrogen-bond donors (Lipinski definition) is 2. The Morgan fingerprint density at radius 2 is 1.83 bits per heavy atom. The smallest absolute Gasteiger partial charge is 0.225 e. The molecule has 5 nitrogen and oxygen atoms in total. The summed E-state index contributed by atoms with van der Waals surface area (Å²) < 4.78 is 5.64. The number of carbonyl (C=O) groups excluding carboxylic acids is 2. The lowest BCUT2D eigenvalue weighted by molar-refractivity contribution is -0.122. The first-order valence-corrected chi connectivity index (χ1v) is 10.1. The fourth-order valence-corrected chi connectivity index (χ4v) is 4.28. The van der Waals surface area contributed by atoms with Crippen molar-refractivity contribution in [2.75, 3.05) is 6.61 Å². The van der Waals surface area contributed by atoms with E-state index in [4.69, 9.17) is 4.74 Å². The van der Waals surface area contributed by atoms with Crippen LogP contribution in [-0.2, 0) is 9.59 Å². The molecule has 5 heteroatoms. The molecule has 4 rings (SSSR count). The van der Waals surface area contributed by atoms with E-state index >= 15 is 0 Å². The van der Waals surface area contributed by atoms with Crippen molar-refractivity contribution in [2.24, 2.45) is 0 Å². The first-order chi connectivity index (χ1) is 14.0. The average Bonchev–Trinajstić information content (AvgIpc) is 2.71. The second-order valence-corrected chi connectivity index (χ2v) is 7.74. The van der Waals surface area contributed by atoms with Crippen LogP contribution in [0.1, 0.15) is 55.6 Å². The Bertz CT molecular complexity index is 961. The van der Waals surface area contributed by atoms with Gasteiger partial charge in [-0.25, -0.2) is 0 Å². The highest BCUT2D eigenvalue weighted by Crippen LogP contribution is 2.43. The average molecular weight is 391 g/mol. The topological polar surface area (TPSA) is 75.6 Å². The number of carbonyl (C=O) groups is 2. The zero-order chi connectivity index (χ0) is 20.4. The molecule has 1 aliphatic carbocycles. The predicted octanol–water partition coefficient (Wildman–Crippen LogP) is 4.19. The zero-order valence-corrected chi connectivity index (χ0v) is 16.5. The molecule has 0 radical (unpaired) electrons. The number of amides is 1. The van der Waals surface area contributed by atoms with Crippen LogP contribution in [-0.4, -0.2) is 23.4 Å². The SMILES string of the molecule is CCCOc1ccc(C2CC(=O)C3=C(C2)NC(=O)CC3c2cccc(O)c2)cc1. The molecule has 0 bridgehead atoms. The van der Waals surface area contributed by atoms with Crippen molar-refractivity contribution < 1.29 is 19.4 Å². The largest absolute Gasteiger partial charge is 0.508 e. The number of rotatable bonds is 5. The van der Waals surface area contributed by atoms with Gasteiger partial charge in [-0.2, -0.15) is 0 Å². The lowest BCUT2D eigenvalue weighted by Gasteiger charge is -2.34. The predicted molar refractivity (Wildman–Crippen MR) is 110 cm³/mol. The van der Waals surface area contributed by atoms with Crippen molar-refractivity contribution in [3.8, 4) is 11.5 Å². The second kappa shape index (κ2) is 8.11. The van der Waals surface area contributed by atoms with Crippen LogP contribution in [0, 0.1) is 0 Å². The number of ether oxygens (including phenoxy) is 1. The Kier molecular flexibility index (Phi) is 5.38. The van der Waals surface area contributed by atoms with E-state index in [0.717, 1.165) is 29.0 Å². The van der Waals surface area contributed by atoms with Crippen molar-refractivity contribution in [3.05, 3.63) is 70.9 Å². The van der Waals surface area contributed by atoms with Crippen molar-refractivity contribution in [2.45, 2.75) is 44.4 Å². The van der Waals surface area contributed by atoms with E-state index in [-0.39, 0.29) is 35.7 Å². The lowest BCUT2D eigenvalue weighted by atomic mass is 9.73. The van der Waals surface area contributed by atoms with Crippen molar-refractivity contribution in [3.63, 3.8) is 0 Å². The van der Waals surface area contributed by atoms with Crippen LogP contribution < -0.4 is 10.1 Å². The molecule has 2 atom stereocenters. The Balaban J connectivity index is 1.61. The van der Waals surface area contributed by atoms with Gasteiger partial charge in [0.2, 0.25) is 5.91 Å². The highest BCUT2D eigenvalue weighted by Gasteiger charge is 2.38. The van der Waals surface area contributed by atoms with Gasteiger partial charge in [-0.1, -0.05) is 31.2 Å². The van der Waals surface area contributed by atoms with E-state index in [0.29, 0.717) is 25.0 Å². The highest BCUT2D eigenvalue weighted by molar-refractivity contribution is 6.02. The van der Waals surface area contributed by atoms with Crippen LogP contribution in [0.3, 0.4) is 0 Å². The summed E-state index contributed by atoms with van der Waals surface area (Å²) in [6, 6.07) is 14.7. The molecule has 1 heterocycles. The monoisotopic (exact) mass is 391 g/mol. The van der Waals surface area contributed by atoms with E-state index in [1.54, 1.807) is 18.2 Å². The van der Waals surface area contributed by atoms with Crippen molar-refractivity contribution in [1.29, 1.82) is 0 Å². The maximum absolute atomic E-state index is 13.1. The Labute approximate surface area is 170 Å². The summed E-state index contributed by atoms with van der Waals surface area (Å²) >= 11 is 0. The van der Waals surface area contributed by atoms with Crippen molar-refractivity contribution in [1.82, 2.24) is 5.32 Å². The summed E-state index contributed by atoms with van der Waals surface area (Å²) in [5.74, 6) is 0.674. The number of benzene rings is 2. The molecule has 0 aromatic heterocycles. The first-order valence-electron chi connectivity index (χ1n) is 10.1. The van der Waals surface area contributed by atoms with Crippen LogP contribution in [0.2, 0.25) is 0 Å². The molecule has 0 saturated carbocycles. The van der Waals surface area contributed by atoms with Crippen LogP contribution in [0.25, 0.3) is 0 Å². The standard InChI is InChI=1S/C24H25NO4/c1-2-10-29-19-8-6-15(7-9-19)17-12-21-24(22(27)13-17)20(14-23(28)25-21)16-4-3-5-18(26)11-16/h3-9,11,17,20,26H,2,10,12-14H2,1H3,(H,25,28). The molecule has 2 N–H and O–H groups in total. The van der Waals surface area contributed by atoms with E-state index in [1.165, 1.54) is 0 Å². The minimum atomic E-state index is -0.302. The number of aromatic hydroxyl groups is 1. The summed E-state index contributed by atoms with van der Waals surface area (Å²) in [5.41, 5.74) is 3.29. The summed E-state index contributed by atoms with van der Waals surface area (Å²) in [4.78, 5) is 25.4. The number of Topliss-reactive ketones (excluding diaryl/α,β-unsaturated/α-hetero) is 1. The summed E-state index contributed by atoms with van der Waals surface area (Å²) in [6.07, 6.45) is 2.22. The summed E-state index contributed by atoms with van der Waals surface area (Å²) in [6.45, 7) is 2.75. The fourth-order valence-electron chi connectivity index (χ4n) is 4.28. The van der Waals surface area contributed by atoms with Gasteiger partial charge in [-0.05, 0) is 54.2 Å². The Hall–Kier alpha value is -3.08. The van der Waals surface area contributed by atoms with E-state index < -0.39 is 0 Å². The molecule has 2 aliphatic rings. The molecule has 29 heavy (non-hydrogen) atoms. The van der Waals surface area contributed by atoms with E-state index in [2.05, 4.69) is 12.2 Å². The number of phenolic OH excluding ortho intramolecular Hbond substituents is 1. The van der Waals surface area contributed by atoms with Crippen molar-refractivity contribution >= 4 is 11.7 Å². The molecule has 2 unspecified atom stereocenters. The summed E-state index contributed by atoms with van der Waals surface area (Å²) in [7, 11) is 0. The van der Waals surface area contributed by atoms with Gasteiger partial charge in [-0.15, -0.1) is 0 Å². The number of hydrogen-bond acceptors (Lipinski definition) is 4. The third-order valence-corrected chi connectivity index (χ3v) is 5.63. The number of ketones is 1. The zero-order valence-electron chi connectivity index (χ0n) is 16.5. The van der Waals surface area contributed by atoms with Gasteiger partial charge in [0.1, 0.15) is 11.5 Å². The van der Waals surface area contributed by atoms with Crippen LogP contribution in [0.4, 0.5) is 0 Å². The molecule has 1 amide bonds. The maximum Gasteiger partial charge on any atom is 0.225 e. The molecular weight excluding hydrogens is 366 g/mol. The maximum atomic E-state index is 13.1. The van der Waals surface area contributed by atoms with Gasteiger partial charge in [-0.3, -0.25) is 9.59 Å². The van der Waals surface area contributed by atoms with E-state index in [1.807, 2.05) is 30.3 Å². The van der Waals surface area contributed by atoms with Crippen LogP contribution in [0.5, 0.6) is 11.5 Å². The molecule has 1 aliphatic heterocycles. The number of allylic oxidation sites excluding steroid dienone is 2. The molecule has 0 saturated heterocycles. The highest BCUT2D eigenvalue weighted by atomic mass is 16.5. The molecule has 2 aromatic rings. The first kappa shape index (κ1) is 19.2. The van der Waals surface area contributed by atoms with Crippen LogP contribution >= 0.6 is 0 Å². The molecule has 0 fully saturated rings. The minimum absolute atomic E-state index is 0.0321. The van der Waals surface area contributed by atoms with Gasteiger partial charge in [0.05, 0.1) is 6.61 Å². The summed E-state index contributed by atoms with van der Waals surface area (Å²) in [5, 5.41) is 12.8. The molecular formula is C24H25NO4. The third-order valence-electron chi connectivity index (χ3n) is 5.63. The van der Waals surface area contributed by atoms with E-state index in [9.17, 15) is 14.7 Å². The van der Waals surface area contributed by atoms with Gasteiger partial charge < -0.3 is 15.2 Å². The number of phenols is 1. The van der Waals surface area contributed by atoms with Crippen LogP contribution in [0.15, 0.2) is 59.8 Å². The van der Waals surface area contributed by atoms with Gasteiger partial charge in [0, 0.05) is 30.0 Å². The lowest BCUT2D eigenvalue weighted by Crippen LogP contribution is -2.38. The number of nitrogens with one attached hydrogen (secondary N) is 1. The quantitative estimate of drug-likeness (QED) is 0.802. The second-order valence-electron chi connectivity index (χ2n) is 7.74. The third kappa shape index (κ3) is 4.04. The Morgan fingerprint density at radius 1 is 1.03 bits per heavy atom. The Morgan fingerprint density at radius 3 is 2.55 bits per heavy atom. The molecule has 150 valence electrons. The molecule has 0 spiro atoms. The normalized spacial score (nSPS) is 21.6. The molecule has 2 aromatic carbocycles. The fraction of sp³-hybridized carbons (Fsp3) is 0.333.